The number of hydrogen-bond donors (Lipinski definition) is 6. The largest absolute Gasteiger partial charge is 0.497 e. The lowest BCUT2D eigenvalue weighted by atomic mass is 10.2. The van der Waals surface area contributed by atoms with Gasteiger partial charge in [0, 0.05) is 53.7 Å². The van der Waals surface area contributed by atoms with E-state index in [1.807, 2.05) is 0 Å². The Morgan fingerprint density at radius 3 is 1.98 bits per heavy atom. The molecule has 1 atom stereocenters. The number of likely N-dealkylation sites (N-methyl/N-ethyl adjacent to an activating group) is 1. The molecule has 61 heavy (non-hydrogen) atoms. The molecule has 0 aliphatic rings. The van der Waals surface area contributed by atoms with Crippen LogP contribution in [0.4, 0.5) is 10.1 Å². The molecule has 20 heteroatoms. The third-order valence-electron chi connectivity index (χ3n) is 7.76. The van der Waals surface area contributed by atoms with Crippen LogP contribution < -0.4 is 25.7 Å². The molecule has 5 aromatic rings. The van der Waals surface area contributed by atoms with Gasteiger partial charge in [-0.25, -0.2) is 28.3 Å². The van der Waals surface area contributed by atoms with Crippen LogP contribution in [0.5, 0.6) is 17.2 Å². The number of anilines is 1. The Bertz CT molecular complexity index is 2450. The van der Waals surface area contributed by atoms with Crippen molar-refractivity contribution in [1.29, 1.82) is 0 Å². The molecule has 0 saturated heterocycles. The Morgan fingerprint density at radius 2 is 1.44 bits per heavy atom. The Balaban J connectivity index is 0.000000524. The summed E-state index contributed by atoms with van der Waals surface area (Å²) in [4.78, 5) is 81.7. The van der Waals surface area contributed by atoms with Crippen molar-refractivity contribution < 1.29 is 67.8 Å². The number of carboxylic acid groups (broad SMARTS) is 4. The van der Waals surface area contributed by atoms with E-state index in [0.717, 1.165) is 6.07 Å². The molecule has 19 nitrogen and oxygen atoms in total. The highest BCUT2D eigenvalue weighted by atomic mass is 19.1. The number of aliphatic carboxylic acids is 4. The van der Waals surface area contributed by atoms with Crippen molar-refractivity contribution in [3.8, 4) is 22.9 Å². The smallest absolute Gasteiger partial charge is 0.328 e. The normalized spacial score (nSPS) is 11.1. The maximum atomic E-state index is 15.2. The Hall–Kier alpha value is -8.13. The molecule has 0 unspecified atom stereocenters. The van der Waals surface area contributed by atoms with Crippen LogP contribution in [-0.4, -0.2) is 97.3 Å². The minimum atomic E-state index is -1.26. The molecule has 0 bridgehead atoms. The van der Waals surface area contributed by atoms with Gasteiger partial charge in [-0.1, -0.05) is 18.2 Å². The number of ether oxygens (including phenoxy) is 3. The van der Waals surface area contributed by atoms with E-state index in [2.05, 4.69) is 15.6 Å². The Labute approximate surface area is 345 Å². The molecular formula is C41H40FN5O14. The highest BCUT2D eigenvalue weighted by molar-refractivity contribution is 6.05. The van der Waals surface area contributed by atoms with Gasteiger partial charge in [-0.15, -0.1) is 0 Å². The molecule has 0 radical (unpaired) electrons. The Morgan fingerprint density at radius 1 is 0.836 bits per heavy atom. The number of rotatable bonds is 15. The van der Waals surface area contributed by atoms with Crippen LogP contribution in [0.15, 0.2) is 108 Å². The van der Waals surface area contributed by atoms with E-state index in [9.17, 15) is 33.6 Å². The summed E-state index contributed by atoms with van der Waals surface area (Å²) in [6, 6.07) is 19.7. The van der Waals surface area contributed by atoms with Gasteiger partial charge in [0.05, 0.1) is 37.1 Å². The fraction of sp³-hybridized carbons (Fsp3) is 0.171. The monoisotopic (exact) mass is 845 g/mol. The van der Waals surface area contributed by atoms with Crippen LogP contribution in [0.1, 0.15) is 23.0 Å². The van der Waals surface area contributed by atoms with Crippen molar-refractivity contribution >= 4 is 52.3 Å². The first-order chi connectivity index (χ1) is 28.9. The van der Waals surface area contributed by atoms with Gasteiger partial charge in [0.1, 0.15) is 23.2 Å². The lowest BCUT2D eigenvalue weighted by Crippen LogP contribution is -2.30. The number of methoxy groups -OCH3 is 1. The van der Waals surface area contributed by atoms with Gasteiger partial charge in [0.25, 0.3) is 11.5 Å². The first kappa shape index (κ1) is 47.2. The highest BCUT2D eigenvalue weighted by Gasteiger charge is 2.26. The summed E-state index contributed by atoms with van der Waals surface area (Å²) in [7, 11) is 3.19. The van der Waals surface area contributed by atoms with Gasteiger partial charge in [-0.3, -0.25) is 24.0 Å². The summed E-state index contributed by atoms with van der Waals surface area (Å²) in [6.07, 6.45) is 3.17. The summed E-state index contributed by atoms with van der Waals surface area (Å²) in [5, 5.41) is 37.3. The molecule has 0 aliphatic carbocycles. The molecule has 5 rings (SSSR count). The van der Waals surface area contributed by atoms with Crippen LogP contribution in [0.2, 0.25) is 0 Å². The second-order valence-electron chi connectivity index (χ2n) is 12.2. The van der Waals surface area contributed by atoms with Gasteiger partial charge >= 0.3 is 29.8 Å². The summed E-state index contributed by atoms with van der Waals surface area (Å²) in [5.74, 6) is -5.97. The number of carbonyl (C=O) groups is 6. The third-order valence-corrected chi connectivity index (χ3v) is 7.76. The molecular weight excluding hydrogens is 805 g/mol. The van der Waals surface area contributed by atoms with Crippen molar-refractivity contribution in [2.45, 2.75) is 26.5 Å². The van der Waals surface area contributed by atoms with Gasteiger partial charge < -0.3 is 45.3 Å². The summed E-state index contributed by atoms with van der Waals surface area (Å²) in [5.41, 5.74) is 0.901. The average Bonchev–Trinajstić information content (AvgIpc) is 3.45. The average molecular weight is 846 g/mol. The second-order valence-corrected chi connectivity index (χ2v) is 12.2. The maximum absolute atomic E-state index is 15.2. The van der Waals surface area contributed by atoms with E-state index in [0.29, 0.717) is 58.1 Å². The first-order valence-electron chi connectivity index (χ1n) is 17.7. The number of nitrogens with one attached hydrogen (secondary N) is 2. The minimum Gasteiger partial charge on any atom is -0.497 e. The van der Waals surface area contributed by atoms with E-state index in [1.165, 1.54) is 16.8 Å². The second kappa shape index (κ2) is 22.7. The lowest BCUT2D eigenvalue weighted by Gasteiger charge is -2.18. The first-order valence-corrected chi connectivity index (χ1v) is 17.7. The number of amides is 1. The minimum absolute atomic E-state index is 0.0307. The van der Waals surface area contributed by atoms with E-state index in [-0.39, 0.29) is 30.1 Å². The molecule has 2 heterocycles. The van der Waals surface area contributed by atoms with E-state index in [1.54, 1.807) is 93.5 Å². The Kier molecular flexibility index (Phi) is 17.6. The summed E-state index contributed by atoms with van der Waals surface area (Å²) in [6.45, 7) is 3.47. The number of pyridine rings is 1. The zero-order chi connectivity index (χ0) is 45.2. The van der Waals surface area contributed by atoms with Gasteiger partial charge in [-0.2, -0.15) is 0 Å². The number of hydrogen-bond acceptors (Lipinski definition) is 12. The number of nitrogens with zero attached hydrogens (tertiary/aromatic N) is 3. The number of carbonyl (C=O) groups excluding carboxylic acids is 2. The predicted octanol–water partition coefficient (Wildman–Crippen LogP) is 4.26. The van der Waals surface area contributed by atoms with Crippen LogP contribution in [-0.2, 0) is 35.3 Å². The SMILES string of the molecule is CNCC(=O)O[C@H](C)Cn1c(C)c(C(=O)Nc2ccc(Oc3ccnc4cc(OC)ccc34)c(F)c2)c(=O)n1-c1ccccc1.O=C(O)/C=C/C(=O)O.O=C(O)/C=C/C(=O)O. The highest BCUT2D eigenvalue weighted by Crippen LogP contribution is 2.33. The lowest BCUT2D eigenvalue weighted by molar-refractivity contribution is -0.147. The number of aromatic nitrogens is 3. The van der Waals surface area contributed by atoms with Crippen LogP contribution in [0.3, 0.4) is 0 Å². The zero-order valence-corrected chi connectivity index (χ0v) is 32.9. The molecule has 0 fully saturated rings. The molecule has 0 saturated carbocycles. The maximum Gasteiger partial charge on any atom is 0.328 e. The molecule has 0 spiro atoms. The van der Waals surface area contributed by atoms with Crippen LogP contribution >= 0.6 is 0 Å². The van der Waals surface area contributed by atoms with Gasteiger partial charge in [-0.05, 0) is 63.4 Å². The van der Waals surface area contributed by atoms with Crippen molar-refractivity contribution in [3.05, 3.63) is 131 Å². The van der Waals surface area contributed by atoms with E-state index < -0.39 is 53.2 Å². The van der Waals surface area contributed by atoms with E-state index in [4.69, 9.17) is 34.6 Å². The quantitative estimate of drug-likeness (QED) is 0.0634. The van der Waals surface area contributed by atoms with Crippen molar-refractivity contribution in [2.24, 2.45) is 0 Å². The van der Waals surface area contributed by atoms with Gasteiger partial charge in [0.2, 0.25) is 0 Å². The van der Waals surface area contributed by atoms with Crippen LogP contribution in [0, 0.1) is 12.7 Å². The number of esters is 1. The van der Waals surface area contributed by atoms with Crippen molar-refractivity contribution in [2.75, 3.05) is 26.0 Å². The number of fused-ring (bicyclic) bond motifs is 1. The predicted molar refractivity (Wildman–Crippen MR) is 216 cm³/mol. The zero-order valence-electron chi connectivity index (χ0n) is 32.9. The fourth-order valence-electron chi connectivity index (χ4n) is 5.22. The van der Waals surface area contributed by atoms with Crippen molar-refractivity contribution in [1.82, 2.24) is 19.7 Å². The number of carboxylic acids is 4. The molecule has 3 aromatic carbocycles. The number of para-hydroxylation sites is 1. The molecule has 2 aromatic heterocycles. The summed E-state index contributed by atoms with van der Waals surface area (Å²) >= 11 is 0. The number of halogens is 1. The molecule has 0 aliphatic heterocycles. The molecule has 6 N–H and O–H groups in total. The topological polar surface area (TPSA) is 275 Å². The summed E-state index contributed by atoms with van der Waals surface area (Å²) < 4.78 is 34.7. The number of benzene rings is 3. The van der Waals surface area contributed by atoms with E-state index >= 15 is 4.39 Å². The fourth-order valence-corrected chi connectivity index (χ4v) is 5.22. The van der Waals surface area contributed by atoms with Crippen molar-refractivity contribution in [3.63, 3.8) is 0 Å². The van der Waals surface area contributed by atoms with Crippen LogP contribution in [0.25, 0.3) is 16.6 Å². The molecule has 1 amide bonds. The third kappa shape index (κ3) is 14.3. The molecule has 320 valence electrons. The van der Waals surface area contributed by atoms with Gasteiger partial charge in [0.15, 0.2) is 11.6 Å². The standard InChI is InChI=1S/C33H32FN5O6.2C4H4O4/c1-20(44-30(40)18-35-3)19-38-21(2)31(33(42)39(38)23-8-6-5-7-9-23)32(41)37-22-10-13-29(26(34)16-22)45-28-14-15-36-27-17-24(43-4)11-12-25(27)28;2*5-3(6)1-2-4(7)8/h5-17,20,35H,18-19H2,1-4H3,(H,37,41);2*1-2H,(H,5,6)(H,7,8)/b;2*2-1+/t20-;;/m1../s1.